The zero-order chi connectivity index (χ0) is 20.5. The van der Waals surface area contributed by atoms with Crippen molar-refractivity contribution in [3.05, 3.63) is 60.2 Å². The van der Waals surface area contributed by atoms with Gasteiger partial charge in [-0.2, -0.15) is 31.1 Å². The number of hydrogen-bond donors (Lipinski definition) is 2. The van der Waals surface area contributed by atoms with Crippen LogP contribution >= 0.6 is 0 Å². The van der Waals surface area contributed by atoms with Gasteiger partial charge in [0.25, 0.3) is 5.66 Å². The summed E-state index contributed by atoms with van der Waals surface area (Å²) in [7, 11) is -5.16. The van der Waals surface area contributed by atoms with Gasteiger partial charge in [0.1, 0.15) is 0 Å². The molecule has 2 aromatic rings. The second kappa shape index (κ2) is 7.04. The minimum atomic E-state index is -6.04. The molecule has 2 N–H and O–H groups in total. The van der Waals surface area contributed by atoms with E-state index < -0.39 is 38.6 Å². The molecule has 0 aliphatic carbocycles. The smallest absolute Gasteiger partial charge is 0.351 e. The second-order valence-corrected chi connectivity index (χ2v) is 7.34. The van der Waals surface area contributed by atoms with Crippen molar-refractivity contribution in [1.82, 2.24) is 4.72 Å². The Morgan fingerprint density at radius 2 is 1.26 bits per heavy atom. The molecule has 0 unspecified atom stereocenters. The lowest BCUT2D eigenvalue weighted by molar-refractivity contribution is -0.291. The molecule has 0 saturated carbocycles. The van der Waals surface area contributed by atoms with Crippen LogP contribution in [0.2, 0.25) is 0 Å². The van der Waals surface area contributed by atoms with Crippen LogP contribution in [0.1, 0.15) is 5.56 Å². The molecule has 2 rings (SSSR count). The Morgan fingerprint density at radius 1 is 0.778 bits per heavy atom. The summed E-state index contributed by atoms with van der Waals surface area (Å²) in [4.78, 5) is -0.742. The molecule has 0 aliphatic rings. The number of nitrogens with one attached hydrogen (secondary N) is 2. The molecule has 0 radical (unpaired) electrons. The van der Waals surface area contributed by atoms with Crippen LogP contribution < -0.4 is 10.0 Å². The minimum absolute atomic E-state index is 0.564. The van der Waals surface area contributed by atoms with Gasteiger partial charge in [0, 0.05) is 5.69 Å². The second-order valence-electron chi connectivity index (χ2n) is 5.66. The molecule has 0 aliphatic heterocycles. The molecular formula is C16H14F6N2O2S. The van der Waals surface area contributed by atoms with E-state index in [-0.39, 0.29) is 0 Å². The number of benzene rings is 2. The van der Waals surface area contributed by atoms with Gasteiger partial charge >= 0.3 is 12.4 Å². The van der Waals surface area contributed by atoms with Crippen molar-refractivity contribution in [2.45, 2.75) is 29.8 Å². The van der Waals surface area contributed by atoms with Gasteiger partial charge in [-0.3, -0.25) is 0 Å². The molecule has 27 heavy (non-hydrogen) atoms. The Kier molecular flexibility index (Phi) is 5.48. The SMILES string of the molecule is Cc1ccc(NC(NS(=O)(=O)c2ccccc2)(C(F)(F)F)C(F)(F)F)cc1. The summed E-state index contributed by atoms with van der Waals surface area (Å²) >= 11 is 0. The molecule has 0 amide bonds. The van der Waals surface area contributed by atoms with Crippen molar-refractivity contribution in [1.29, 1.82) is 0 Å². The molecule has 11 heteroatoms. The first-order valence-electron chi connectivity index (χ1n) is 7.36. The van der Waals surface area contributed by atoms with E-state index in [9.17, 15) is 34.8 Å². The largest absolute Gasteiger partial charge is 0.435 e. The Hall–Kier alpha value is -2.27. The molecule has 0 fully saturated rings. The molecule has 4 nitrogen and oxygen atoms in total. The van der Waals surface area contributed by atoms with E-state index in [1.807, 2.05) is 0 Å². The molecule has 0 bridgehead atoms. The number of aryl methyl sites for hydroxylation is 1. The van der Waals surface area contributed by atoms with Crippen LogP contribution in [-0.2, 0) is 10.0 Å². The van der Waals surface area contributed by atoms with Crippen LogP contribution in [0.25, 0.3) is 0 Å². The Labute approximate surface area is 151 Å². The standard InChI is InChI=1S/C16H14F6N2O2S/c1-11-7-9-12(10-8-11)23-14(15(17,18)19,16(20,21)22)24-27(25,26)13-5-3-2-4-6-13/h2-10,23-24H,1H3. The zero-order valence-corrected chi connectivity index (χ0v) is 14.5. The number of sulfonamides is 1. The normalized spacial score (nSPS) is 13.4. The van der Waals surface area contributed by atoms with Crippen LogP contribution in [0, 0.1) is 6.92 Å². The summed E-state index contributed by atoms with van der Waals surface area (Å²) in [5.74, 6) is 0. The summed E-state index contributed by atoms with van der Waals surface area (Å²) in [6, 6.07) is 10.0. The first-order valence-corrected chi connectivity index (χ1v) is 8.84. The minimum Gasteiger partial charge on any atom is -0.351 e. The number of alkyl halides is 6. The lowest BCUT2D eigenvalue weighted by Crippen LogP contribution is -2.72. The monoisotopic (exact) mass is 412 g/mol. The van der Waals surface area contributed by atoms with Gasteiger partial charge in [0.05, 0.1) is 4.90 Å². The highest BCUT2D eigenvalue weighted by atomic mass is 32.2. The van der Waals surface area contributed by atoms with E-state index in [1.165, 1.54) is 35.6 Å². The summed E-state index contributed by atoms with van der Waals surface area (Å²) in [5, 5.41) is 1.29. The fourth-order valence-electron chi connectivity index (χ4n) is 2.16. The highest BCUT2D eigenvalue weighted by molar-refractivity contribution is 7.89. The topological polar surface area (TPSA) is 58.2 Å². The Morgan fingerprint density at radius 3 is 1.70 bits per heavy atom. The molecule has 148 valence electrons. The molecule has 2 aromatic carbocycles. The van der Waals surface area contributed by atoms with Crippen LogP contribution in [0.15, 0.2) is 59.5 Å². The van der Waals surface area contributed by atoms with Gasteiger partial charge in [0.2, 0.25) is 10.0 Å². The zero-order valence-electron chi connectivity index (χ0n) is 13.7. The molecular weight excluding hydrogens is 398 g/mol. The van der Waals surface area contributed by atoms with Crippen LogP contribution in [0.5, 0.6) is 0 Å². The summed E-state index contributed by atoms with van der Waals surface area (Å²) in [6.45, 7) is 1.59. The van der Waals surface area contributed by atoms with E-state index in [4.69, 9.17) is 0 Å². The molecule has 0 heterocycles. The van der Waals surface area contributed by atoms with E-state index >= 15 is 0 Å². The third-order valence-electron chi connectivity index (χ3n) is 3.57. The van der Waals surface area contributed by atoms with Crippen LogP contribution in [-0.4, -0.2) is 26.4 Å². The van der Waals surface area contributed by atoms with Crippen molar-refractivity contribution in [3.63, 3.8) is 0 Å². The highest BCUT2D eigenvalue weighted by Gasteiger charge is 2.73. The van der Waals surface area contributed by atoms with Crippen LogP contribution in [0.3, 0.4) is 0 Å². The maximum absolute atomic E-state index is 13.6. The van der Waals surface area contributed by atoms with Crippen molar-refractivity contribution in [2.24, 2.45) is 0 Å². The molecule has 0 saturated heterocycles. The Bertz CT molecular complexity index is 864. The van der Waals surface area contributed by atoms with E-state index in [0.717, 1.165) is 29.0 Å². The highest BCUT2D eigenvalue weighted by Crippen LogP contribution is 2.44. The number of rotatable bonds is 5. The predicted molar refractivity (Wildman–Crippen MR) is 86.4 cm³/mol. The molecule has 0 spiro atoms. The summed E-state index contributed by atoms with van der Waals surface area (Å²) < 4.78 is 107. The van der Waals surface area contributed by atoms with E-state index in [2.05, 4.69) is 0 Å². The summed E-state index contributed by atoms with van der Waals surface area (Å²) in [5.41, 5.74) is -4.90. The molecule has 0 atom stereocenters. The van der Waals surface area contributed by atoms with E-state index in [1.54, 1.807) is 6.92 Å². The molecule has 0 aromatic heterocycles. The van der Waals surface area contributed by atoms with Gasteiger partial charge in [-0.25, -0.2) is 8.42 Å². The number of hydrogen-bond acceptors (Lipinski definition) is 3. The fourth-order valence-corrected chi connectivity index (χ4v) is 3.48. The van der Waals surface area contributed by atoms with E-state index in [0.29, 0.717) is 5.56 Å². The Balaban J connectivity index is 2.60. The van der Waals surface area contributed by atoms with Gasteiger partial charge in [-0.1, -0.05) is 35.9 Å². The van der Waals surface area contributed by atoms with Crippen molar-refractivity contribution < 1.29 is 34.8 Å². The van der Waals surface area contributed by atoms with Crippen LogP contribution in [0.4, 0.5) is 32.0 Å². The fraction of sp³-hybridized carbons (Fsp3) is 0.250. The maximum atomic E-state index is 13.6. The average molecular weight is 412 g/mol. The van der Waals surface area contributed by atoms with Crippen molar-refractivity contribution >= 4 is 15.7 Å². The van der Waals surface area contributed by atoms with Gasteiger partial charge < -0.3 is 5.32 Å². The maximum Gasteiger partial charge on any atom is 0.435 e. The quantitative estimate of drug-likeness (QED) is 0.572. The van der Waals surface area contributed by atoms with Gasteiger partial charge in [-0.05, 0) is 31.2 Å². The first kappa shape index (κ1) is 21.0. The lowest BCUT2D eigenvalue weighted by Gasteiger charge is -2.38. The number of halogens is 6. The summed E-state index contributed by atoms with van der Waals surface area (Å²) in [6.07, 6.45) is -12.1. The van der Waals surface area contributed by atoms with Gasteiger partial charge in [0.15, 0.2) is 0 Å². The van der Waals surface area contributed by atoms with Crippen molar-refractivity contribution in [3.8, 4) is 0 Å². The third kappa shape index (κ3) is 4.35. The third-order valence-corrected chi connectivity index (χ3v) is 5.04. The van der Waals surface area contributed by atoms with Gasteiger partial charge in [-0.15, -0.1) is 0 Å². The number of anilines is 1. The first-order chi connectivity index (χ1) is 12.3. The lowest BCUT2D eigenvalue weighted by atomic mass is 10.1. The average Bonchev–Trinajstić information content (AvgIpc) is 2.55. The predicted octanol–water partition coefficient (Wildman–Crippen LogP) is 4.21. The van der Waals surface area contributed by atoms with Crippen molar-refractivity contribution in [2.75, 3.05) is 5.32 Å².